The summed E-state index contributed by atoms with van der Waals surface area (Å²) >= 11 is 3.41. The maximum Gasteiger partial charge on any atom is 0.219 e. The zero-order valence-electron chi connectivity index (χ0n) is 11.1. The zero-order valence-corrected chi connectivity index (χ0v) is 12.7. The first-order valence-corrected chi connectivity index (χ1v) is 6.63. The number of anilines is 2. The lowest BCUT2D eigenvalue weighted by Crippen LogP contribution is -2.08. The molecule has 0 spiro atoms. The highest BCUT2D eigenvalue weighted by atomic mass is 79.9. The molecule has 0 radical (unpaired) electrons. The molecule has 1 aromatic heterocycles. The zero-order chi connectivity index (χ0) is 14.0. The van der Waals surface area contributed by atoms with Crippen LogP contribution in [-0.4, -0.2) is 19.1 Å². The molecule has 0 saturated carbocycles. The van der Waals surface area contributed by atoms with Crippen molar-refractivity contribution in [3.8, 4) is 11.6 Å². The molecule has 2 rings (SSSR count). The largest absolute Gasteiger partial charge is 0.437 e. The molecule has 2 N–H and O–H groups in total. The number of pyridine rings is 1. The highest BCUT2D eigenvalue weighted by Gasteiger charge is 2.07. The summed E-state index contributed by atoms with van der Waals surface area (Å²) in [6.45, 7) is 1.98. The van der Waals surface area contributed by atoms with Crippen molar-refractivity contribution in [2.45, 2.75) is 6.92 Å². The van der Waals surface area contributed by atoms with Crippen LogP contribution in [-0.2, 0) is 0 Å². The molecule has 19 heavy (non-hydrogen) atoms. The molecular formula is C14H16BrN3O. The van der Waals surface area contributed by atoms with Gasteiger partial charge in [-0.15, -0.1) is 0 Å². The lowest BCUT2D eigenvalue weighted by atomic mass is 10.2. The SMILES string of the molecule is Cc1cc(Oc2cc(N(C)C)ccc2N)ncc1Br. The Morgan fingerprint density at radius 3 is 2.63 bits per heavy atom. The molecular weight excluding hydrogens is 306 g/mol. The quantitative estimate of drug-likeness (QED) is 0.878. The van der Waals surface area contributed by atoms with E-state index in [2.05, 4.69) is 20.9 Å². The second-order valence-corrected chi connectivity index (χ2v) is 5.34. The van der Waals surface area contributed by atoms with E-state index in [1.165, 1.54) is 0 Å². The van der Waals surface area contributed by atoms with E-state index in [-0.39, 0.29) is 0 Å². The van der Waals surface area contributed by atoms with E-state index < -0.39 is 0 Å². The van der Waals surface area contributed by atoms with Gasteiger partial charge in [-0.25, -0.2) is 4.98 Å². The Hall–Kier alpha value is -1.75. The second-order valence-electron chi connectivity index (χ2n) is 4.49. The molecule has 2 aromatic rings. The third kappa shape index (κ3) is 3.17. The minimum atomic E-state index is 0.531. The number of hydrogen-bond acceptors (Lipinski definition) is 4. The van der Waals surface area contributed by atoms with Gasteiger partial charge in [0, 0.05) is 42.6 Å². The number of benzene rings is 1. The van der Waals surface area contributed by atoms with E-state index in [1.807, 2.05) is 50.2 Å². The van der Waals surface area contributed by atoms with Crippen molar-refractivity contribution >= 4 is 27.3 Å². The Bertz CT molecular complexity index is 599. The lowest BCUT2D eigenvalue weighted by Gasteiger charge is -2.15. The first-order chi connectivity index (χ1) is 8.97. The molecule has 0 fully saturated rings. The van der Waals surface area contributed by atoms with Gasteiger partial charge in [0.1, 0.15) is 0 Å². The lowest BCUT2D eigenvalue weighted by molar-refractivity contribution is 0.464. The summed E-state index contributed by atoms with van der Waals surface area (Å²) in [6.07, 6.45) is 1.72. The summed E-state index contributed by atoms with van der Waals surface area (Å²) in [5.41, 5.74) is 8.60. The van der Waals surface area contributed by atoms with Gasteiger partial charge in [0.15, 0.2) is 5.75 Å². The number of nitrogens with zero attached hydrogens (tertiary/aromatic N) is 2. The third-order valence-electron chi connectivity index (χ3n) is 2.75. The Balaban J connectivity index is 2.31. The molecule has 0 bridgehead atoms. The topological polar surface area (TPSA) is 51.4 Å². The van der Waals surface area contributed by atoms with Crippen LogP contribution >= 0.6 is 15.9 Å². The summed E-state index contributed by atoms with van der Waals surface area (Å²) in [5.74, 6) is 1.14. The number of hydrogen-bond donors (Lipinski definition) is 1. The predicted octanol–water partition coefficient (Wildman–Crippen LogP) is 3.59. The van der Waals surface area contributed by atoms with Crippen molar-refractivity contribution in [3.05, 3.63) is 40.5 Å². The van der Waals surface area contributed by atoms with Gasteiger partial charge in [-0.1, -0.05) is 0 Å². The minimum absolute atomic E-state index is 0.531. The molecule has 0 aliphatic heterocycles. The first-order valence-electron chi connectivity index (χ1n) is 5.84. The van der Waals surface area contributed by atoms with Crippen LogP contribution in [0.3, 0.4) is 0 Å². The third-order valence-corrected chi connectivity index (χ3v) is 3.58. The maximum absolute atomic E-state index is 5.92. The van der Waals surface area contributed by atoms with Crippen LogP contribution in [0.2, 0.25) is 0 Å². The number of rotatable bonds is 3. The van der Waals surface area contributed by atoms with Crippen LogP contribution in [0.25, 0.3) is 0 Å². The molecule has 0 saturated heterocycles. The molecule has 4 nitrogen and oxygen atoms in total. The van der Waals surface area contributed by atoms with Crippen molar-refractivity contribution in [2.75, 3.05) is 24.7 Å². The fraction of sp³-hybridized carbons (Fsp3) is 0.214. The van der Waals surface area contributed by atoms with Crippen molar-refractivity contribution in [3.63, 3.8) is 0 Å². The number of aromatic nitrogens is 1. The molecule has 0 aliphatic rings. The minimum Gasteiger partial charge on any atom is -0.437 e. The number of halogens is 1. The van der Waals surface area contributed by atoms with Gasteiger partial charge in [0.2, 0.25) is 5.88 Å². The van der Waals surface area contributed by atoms with Crippen molar-refractivity contribution in [1.82, 2.24) is 4.98 Å². The second kappa shape index (κ2) is 5.48. The average Bonchev–Trinajstić information content (AvgIpc) is 2.36. The van der Waals surface area contributed by atoms with Gasteiger partial charge in [0.05, 0.1) is 5.69 Å². The van der Waals surface area contributed by atoms with Gasteiger partial charge in [-0.2, -0.15) is 0 Å². The van der Waals surface area contributed by atoms with Crippen LogP contribution in [0.4, 0.5) is 11.4 Å². The summed E-state index contributed by atoms with van der Waals surface area (Å²) < 4.78 is 6.71. The monoisotopic (exact) mass is 321 g/mol. The highest BCUT2D eigenvalue weighted by Crippen LogP contribution is 2.31. The Kier molecular flexibility index (Phi) is 3.95. The van der Waals surface area contributed by atoms with Gasteiger partial charge in [0.25, 0.3) is 0 Å². The molecule has 0 aliphatic carbocycles. The maximum atomic E-state index is 5.92. The molecule has 1 aromatic carbocycles. The van der Waals surface area contributed by atoms with Crippen LogP contribution in [0, 0.1) is 6.92 Å². The summed E-state index contributed by atoms with van der Waals surface area (Å²) in [6, 6.07) is 7.54. The molecule has 0 atom stereocenters. The number of ether oxygens (including phenoxy) is 1. The smallest absolute Gasteiger partial charge is 0.219 e. The molecule has 0 amide bonds. The van der Waals surface area contributed by atoms with Crippen LogP contribution in [0.5, 0.6) is 11.6 Å². The van der Waals surface area contributed by atoms with Crippen LogP contribution < -0.4 is 15.4 Å². The molecule has 100 valence electrons. The van der Waals surface area contributed by atoms with Gasteiger partial charge in [-0.3, -0.25) is 0 Å². The van der Waals surface area contributed by atoms with Gasteiger partial charge in [-0.05, 0) is 40.5 Å². The van der Waals surface area contributed by atoms with Crippen molar-refractivity contribution in [1.29, 1.82) is 0 Å². The van der Waals surface area contributed by atoms with Gasteiger partial charge >= 0.3 is 0 Å². The van der Waals surface area contributed by atoms with E-state index in [0.29, 0.717) is 17.3 Å². The van der Waals surface area contributed by atoms with E-state index in [0.717, 1.165) is 15.7 Å². The fourth-order valence-electron chi connectivity index (χ4n) is 1.57. The van der Waals surface area contributed by atoms with Crippen molar-refractivity contribution in [2.24, 2.45) is 0 Å². The van der Waals surface area contributed by atoms with Crippen molar-refractivity contribution < 1.29 is 4.74 Å². The first kappa shape index (κ1) is 13.7. The fourth-order valence-corrected chi connectivity index (χ4v) is 1.79. The standard InChI is InChI=1S/C14H16BrN3O/c1-9-6-14(17-8-11(9)15)19-13-7-10(18(2)3)4-5-12(13)16/h4-8H,16H2,1-3H3. The summed E-state index contributed by atoms with van der Waals surface area (Å²) in [4.78, 5) is 6.20. The molecule has 1 heterocycles. The summed E-state index contributed by atoms with van der Waals surface area (Å²) in [7, 11) is 3.94. The number of nitrogen functional groups attached to an aromatic ring is 1. The number of aryl methyl sites for hydroxylation is 1. The van der Waals surface area contributed by atoms with E-state index >= 15 is 0 Å². The normalized spacial score (nSPS) is 10.3. The average molecular weight is 322 g/mol. The summed E-state index contributed by atoms with van der Waals surface area (Å²) in [5, 5.41) is 0. The predicted molar refractivity (Wildman–Crippen MR) is 81.9 cm³/mol. The Morgan fingerprint density at radius 2 is 2.00 bits per heavy atom. The highest BCUT2D eigenvalue weighted by molar-refractivity contribution is 9.10. The molecule has 0 unspecified atom stereocenters. The number of nitrogens with two attached hydrogens (primary N) is 1. The van der Waals surface area contributed by atoms with E-state index in [1.54, 1.807) is 6.20 Å². The Morgan fingerprint density at radius 1 is 1.26 bits per heavy atom. The van der Waals surface area contributed by atoms with E-state index in [4.69, 9.17) is 10.5 Å². The molecule has 5 heteroatoms. The van der Waals surface area contributed by atoms with Crippen LogP contribution in [0.15, 0.2) is 34.9 Å². The van der Waals surface area contributed by atoms with E-state index in [9.17, 15) is 0 Å². The Labute approximate surface area is 121 Å². The van der Waals surface area contributed by atoms with Crippen LogP contribution in [0.1, 0.15) is 5.56 Å². The van der Waals surface area contributed by atoms with Gasteiger partial charge < -0.3 is 15.4 Å².